The Morgan fingerprint density at radius 1 is 1.63 bits per heavy atom. The lowest BCUT2D eigenvalue weighted by molar-refractivity contribution is -0.384. The van der Waals surface area contributed by atoms with E-state index in [1.165, 1.54) is 19.1 Å². The molecule has 2 N–H and O–H groups in total. The van der Waals surface area contributed by atoms with Crippen molar-refractivity contribution in [2.45, 2.75) is 19.1 Å². The third-order valence-electron chi connectivity index (χ3n) is 2.38. The second-order valence-corrected chi connectivity index (χ2v) is 4.05. The van der Waals surface area contributed by atoms with Gasteiger partial charge in [0, 0.05) is 6.07 Å². The number of hydrogen-bond acceptors (Lipinski definition) is 5. The molecule has 1 unspecified atom stereocenters. The highest BCUT2D eigenvalue weighted by atomic mass is 35.5. The molecule has 0 aliphatic heterocycles. The molecule has 1 aromatic rings. The number of esters is 1. The molecule has 0 heterocycles. The number of alkyl halides is 1. The molecule has 104 valence electrons. The summed E-state index contributed by atoms with van der Waals surface area (Å²) in [5, 5.41) is 10.6. The molecule has 0 bridgehead atoms. The summed E-state index contributed by atoms with van der Waals surface area (Å²) in [6.07, 6.45) is -2.10. The third-order valence-corrected chi connectivity index (χ3v) is 2.70. The Morgan fingerprint density at radius 2 is 2.26 bits per heavy atom. The minimum absolute atomic E-state index is 0.0206. The molecule has 8 heteroatoms. The van der Waals surface area contributed by atoms with Gasteiger partial charge in [0.1, 0.15) is 5.02 Å². The maximum atomic E-state index is 13.7. The quantitative estimate of drug-likeness (QED) is 0.509. The van der Waals surface area contributed by atoms with Crippen molar-refractivity contribution in [1.82, 2.24) is 0 Å². The van der Waals surface area contributed by atoms with Crippen LogP contribution in [-0.2, 0) is 9.53 Å². The van der Waals surface area contributed by atoms with Gasteiger partial charge in [0.2, 0.25) is 6.17 Å². The van der Waals surface area contributed by atoms with Gasteiger partial charge in [-0.2, -0.15) is 0 Å². The van der Waals surface area contributed by atoms with Crippen LogP contribution in [-0.4, -0.2) is 23.7 Å². The van der Waals surface area contributed by atoms with E-state index in [2.05, 4.69) is 4.74 Å². The molecule has 19 heavy (non-hydrogen) atoms. The van der Waals surface area contributed by atoms with Crippen LogP contribution in [0.3, 0.4) is 0 Å². The van der Waals surface area contributed by atoms with Gasteiger partial charge in [0.05, 0.1) is 17.6 Å². The molecule has 0 aliphatic carbocycles. The van der Waals surface area contributed by atoms with E-state index < -0.39 is 28.8 Å². The van der Waals surface area contributed by atoms with Crippen LogP contribution in [0.5, 0.6) is 0 Å². The van der Waals surface area contributed by atoms with Gasteiger partial charge in [-0.1, -0.05) is 17.7 Å². The average Bonchev–Trinajstić information content (AvgIpc) is 2.37. The fourth-order valence-electron chi connectivity index (χ4n) is 1.41. The van der Waals surface area contributed by atoms with Crippen LogP contribution in [0.4, 0.5) is 10.1 Å². The van der Waals surface area contributed by atoms with Crippen LogP contribution in [0.25, 0.3) is 0 Å². The maximum absolute atomic E-state index is 13.7. The van der Waals surface area contributed by atoms with Crippen molar-refractivity contribution >= 4 is 23.3 Å². The lowest BCUT2D eigenvalue weighted by atomic mass is 10.0. The van der Waals surface area contributed by atoms with Crippen molar-refractivity contribution in [1.29, 1.82) is 0 Å². The maximum Gasteiger partial charge on any atom is 0.342 e. The fraction of sp³-hybridized carbons (Fsp3) is 0.364. The number of ether oxygens (including phenoxy) is 1. The minimum atomic E-state index is -2.10. The van der Waals surface area contributed by atoms with Gasteiger partial charge in [-0.15, -0.1) is 0 Å². The molecule has 0 aliphatic rings. The Bertz CT molecular complexity index is 498. The van der Waals surface area contributed by atoms with Crippen molar-refractivity contribution in [3.63, 3.8) is 0 Å². The molecule has 0 aromatic heterocycles. The Balaban J connectivity index is 3.00. The number of nitro benzene ring substituents is 1. The summed E-state index contributed by atoms with van der Waals surface area (Å²) in [5.41, 5.74) is 5.24. The van der Waals surface area contributed by atoms with E-state index in [1.54, 1.807) is 0 Å². The molecule has 1 aromatic carbocycles. The molecule has 2 atom stereocenters. The highest BCUT2D eigenvalue weighted by Crippen LogP contribution is 2.28. The highest BCUT2D eigenvalue weighted by Gasteiger charge is 2.29. The van der Waals surface area contributed by atoms with Crippen LogP contribution in [0.2, 0.25) is 5.02 Å². The van der Waals surface area contributed by atoms with Crippen molar-refractivity contribution in [2.24, 2.45) is 5.73 Å². The number of rotatable bonds is 5. The molecule has 0 radical (unpaired) electrons. The zero-order chi connectivity index (χ0) is 14.6. The summed E-state index contributed by atoms with van der Waals surface area (Å²) in [6.45, 7) is 1.55. The van der Waals surface area contributed by atoms with E-state index >= 15 is 0 Å². The molecule has 6 nitrogen and oxygen atoms in total. The molecule has 0 amide bonds. The monoisotopic (exact) mass is 290 g/mol. The van der Waals surface area contributed by atoms with E-state index in [1.807, 2.05) is 0 Å². The Kier molecular flexibility index (Phi) is 5.20. The summed E-state index contributed by atoms with van der Waals surface area (Å²) in [7, 11) is 0. The molecule has 1 rings (SSSR count). The second-order valence-electron chi connectivity index (χ2n) is 3.65. The minimum Gasteiger partial charge on any atom is -0.464 e. The van der Waals surface area contributed by atoms with Crippen molar-refractivity contribution in [3.05, 3.63) is 38.9 Å². The number of carbonyl (C=O) groups excluding carboxylic acids is 1. The number of halogens is 2. The normalized spacial score (nSPS) is 13.7. The highest BCUT2D eigenvalue weighted by molar-refractivity contribution is 6.32. The zero-order valence-corrected chi connectivity index (χ0v) is 10.8. The van der Waals surface area contributed by atoms with Crippen molar-refractivity contribution < 1.29 is 18.8 Å². The third kappa shape index (κ3) is 3.62. The predicted octanol–water partition coefficient (Wildman–Crippen LogP) is 2.15. The number of carbonyl (C=O) groups is 1. The average molecular weight is 291 g/mol. The fourth-order valence-corrected chi connectivity index (χ4v) is 1.60. The van der Waals surface area contributed by atoms with E-state index in [9.17, 15) is 19.3 Å². The van der Waals surface area contributed by atoms with Crippen LogP contribution in [0.1, 0.15) is 18.5 Å². The summed E-state index contributed by atoms with van der Waals surface area (Å²) < 4.78 is 18.2. The zero-order valence-electron chi connectivity index (χ0n) is 10.0. The van der Waals surface area contributed by atoms with E-state index in [-0.39, 0.29) is 17.2 Å². The first-order valence-electron chi connectivity index (χ1n) is 5.38. The SMILES string of the molecule is CCOC(=O)C(F)[C@@H](N)c1ccc(Cl)c([N+](=O)[O-])c1. The first-order chi connectivity index (χ1) is 8.88. The second kappa shape index (κ2) is 6.44. The Hall–Kier alpha value is -1.73. The lowest BCUT2D eigenvalue weighted by Gasteiger charge is -2.15. The topological polar surface area (TPSA) is 95.5 Å². The first-order valence-corrected chi connectivity index (χ1v) is 5.76. The summed E-state index contributed by atoms with van der Waals surface area (Å²) in [6, 6.07) is 2.24. The van der Waals surface area contributed by atoms with Crippen LogP contribution in [0, 0.1) is 10.1 Å². The van der Waals surface area contributed by atoms with Crippen molar-refractivity contribution in [3.8, 4) is 0 Å². The van der Waals surface area contributed by atoms with Gasteiger partial charge in [0.15, 0.2) is 0 Å². The van der Waals surface area contributed by atoms with E-state index in [0.717, 1.165) is 6.07 Å². The van der Waals surface area contributed by atoms with Gasteiger partial charge in [-0.3, -0.25) is 10.1 Å². The Morgan fingerprint density at radius 3 is 2.79 bits per heavy atom. The summed E-state index contributed by atoms with van der Waals surface area (Å²) in [5.74, 6) is -1.10. The van der Waals surface area contributed by atoms with Gasteiger partial charge >= 0.3 is 5.97 Å². The van der Waals surface area contributed by atoms with Gasteiger partial charge in [-0.05, 0) is 18.6 Å². The molecule has 0 saturated carbocycles. The van der Waals surface area contributed by atoms with Gasteiger partial charge in [-0.25, -0.2) is 9.18 Å². The van der Waals surface area contributed by atoms with E-state index in [0.29, 0.717) is 0 Å². The van der Waals surface area contributed by atoms with Gasteiger partial charge < -0.3 is 10.5 Å². The predicted molar refractivity (Wildman–Crippen MR) is 66.6 cm³/mol. The Labute approximate surface area is 113 Å². The van der Waals surface area contributed by atoms with E-state index in [4.69, 9.17) is 17.3 Å². The summed E-state index contributed by atoms with van der Waals surface area (Å²) in [4.78, 5) is 21.2. The smallest absolute Gasteiger partial charge is 0.342 e. The number of nitro groups is 1. The van der Waals surface area contributed by atoms with Crippen LogP contribution >= 0.6 is 11.6 Å². The number of nitrogens with two attached hydrogens (primary N) is 1. The largest absolute Gasteiger partial charge is 0.464 e. The lowest BCUT2D eigenvalue weighted by Crippen LogP contribution is -2.31. The number of nitrogens with zero attached hydrogens (tertiary/aromatic N) is 1. The van der Waals surface area contributed by atoms with Crippen LogP contribution in [0.15, 0.2) is 18.2 Å². The molecule has 0 spiro atoms. The summed E-state index contributed by atoms with van der Waals surface area (Å²) >= 11 is 5.62. The number of benzene rings is 1. The standard InChI is InChI=1S/C11H12ClFN2O4/c1-2-19-11(16)9(13)10(14)6-3-4-7(12)8(5-6)15(17)18/h3-5,9-10H,2,14H2,1H3/t9?,10-/m0/s1. The molecule has 0 saturated heterocycles. The van der Waals surface area contributed by atoms with Crippen molar-refractivity contribution in [2.75, 3.05) is 6.61 Å². The van der Waals surface area contributed by atoms with Gasteiger partial charge in [0.25, 0.3) is 5.69 Å². The van der Waals surface area contributed by atoms with Crippen LogP contribution < -0.4 is 5.73 Å². The first kappa shape index (κ1) is 15.3. The molecular weight excluding hydrogens is 279 g/mol. The number of hydrogen-bond donors (Lipinski definition) is 1. The molecule has 0 fully saturated rings. The molecular formula is C11H12ClFN2O4.